The second-order valence-electron chi connectivity index (χ2n) is 11.6. The Labute approximate surface area is 260 Å². The SMILES string of the molecule is C1=C(c2ccc3oc4cccc(-c5ccc6c(ccc7ccccc76)c5)c4c3c2)NC(c2ccccc2)N=C1c1ccccc1. The first-order chi connectivity index (χ1) is 22.3. The van der Waals surface area contributed by atoms with E-state index in [2.05, 4.69) is 151 Å². The number of nitrogens with one attached hydrogen (secondary N) is 1. The molecule has 0 amide bonds. The van der Waals surface area contributed by atoms with Gasteiger partial charge in [0.25, 0.3) is 0 Å². The minimum Gasteiger partial charge on any atom is -0.456 e. The van der Waals surface area contributed by atoms with Crippen molar-refractivity contribution in [3.8, 4) is 11.1 Å². The summed E-state index contributed by atoms with van der Waals surface area (Å²) in [4.78, 5) is 5.11. The zero-order valence-electron chi connectivity index (χ0n) is 24.4. The number of furan rings is 1. The molecule has 1 aliphatic rings. The van der Waals surface area contributed by atoms with Crippen molar-refractivity contribution >= 4 is 54.9 Å². The lowest BCUT2D eigenvalue weighted by Gasteiger charge is -2.25. The van der Waals surface area contributed by atoms with Gasteiger partial charge in [0.05, 0.1) is 5.71 Å². The maximum absolute atomic E-state index is 6.42. The van der Waals surface area contributed by atoms with Crippen LogP contribution < -0.4 is 5.32 Å². The van der Waals surface area contributed by atoms with Crippen LogP contribution in [0.4, 0.5) is 0 Å². The van der Waals surface area contributed by atoms with Crippen LogP contribution in [0.5, 0.6) is 0 Å². The third kappa shape index (κ3) is 4.40. The van der Waals surface area contributed by atoms with E-state index < -0.39 is 0 Å². The van der Waals surface area contributed by atoms with Crippen LogP contribution in [0.1, 0.15) is 22.9 Å². The van der Waals surface area contributed by atoms with Crippen molar-refractivity contribution in [3.63, 3.8) is 0 Å². The highest BCUT2D eigenvalue weighted by atomic mass is 16.3. The largest absolute Gasteiger partial charge is 0.456 e. The molecule has 212 valence electrons. The molecule has 1 unspecified atom stereocenters. The van der Waals surface area contributed by atoms with E-state index in [0.29, 0.717) is 0 Å². The smallest absolute Gasteiger partial charge is 0.145 e. The molecule has 1 aromatic heterocycles. The Balaban J connectivity index is 1.19. The Hall–Kier alpha value is -5.93. The number of hydrogen-bond donors (Lipinski definition) is 1. The van der Waals surface area contributed by atoms with E-state index in [1.807, 2.05) is 12.1 Å². The fourth-order valence-corrected chi connectivity index (χ4v) is 6.68. The van der Waals surface area contributed by atoms with E-state index >= 15 is 0 Å². The lowest BCUT2D eigenvalue weighted by molar-refractivity contribution is 0.663. The highest BCUT2D eigenvalue weighted by molar-refractivity contribution is 6.16. The first-order valence-corrected chi connectivity index (χ1v) is 15.3. The number of allylic oxidation sites excluding steroid dienone is 1. The van der Waals surface area contributed by atoms with Gasteiger partial charge in [-0.1, -0.05) is 121 Å². The molecule has 1 atom stereocenters. The summed E-state index contributed by atoms with van der Waals surface area (Å²) >= 11 is 0. The summed E-state index contributed by atoms with van der Waals surface area (Å²) in [6.45, 7) is 0. The minimum absolute atomic E-state index is 0.192. The molecule has 7 aromatic carbocycles. The molecule has 9 rings (SSSR count). The average Bonchev–Trinajstić information content (AvgIpc) is 3.50. The van der Waals surface area contributed by atoms with E-state index in [1.54, 1.807) is 0 Å². The average molecular weight is 577 g/mol. The van der Waals surface area contributed by atoms with Crippen molar-refractivity contribution in [2.75, 3.05) is 0 Å². The maximum atomic E-state index is 6.42. The Morgan fingerprint density at radius 2 is 1.27 bits per heavy atom. The summed E-state index contributed by atoms with van der Waals surface area (Å²) in [6, 6.07) is 53.5. The first-order valence-electron chi connectivity index (χ1n) is 15.3. The van der Waals surface area contributed by atoms with Gasteiger partial charge in [-0.3, -0.25) is 4.99 Å². The van der Waals surface area contributed by atoms with Crippen molar-refractivity contribution in [2.45, 2.75) is 6.17 Å². The molecule has 0 radical (unpaired) electrons. The van der Waals surface area contributed by atoms with Crippen molar-refractivity contribution in [1.82, 2.24) is 5.32 Å². The molecule has 0 saturated carbocycles. The Morgan fingerprint density at radius 3 is 2.16 bits per heavy atom. The van der Waals surface area contributed by atoms with Crippen molar-refractivity contribution < 1.29 is 4.42 Å². The van der Waals surface area contributed by atoms with Crippen LogP contribution >= 0.6 is 0 Å². The summed E-state index contributed by atoms with van der Waals surface area (Å²) < 4.78 is 6.42. The van der Waals surface area contributed by atoms with Crippen LogP contribution in [0, 0.1) is 0 Å². The van der Waals surface area contributed by atoms with Gasteiger partial charge in [-0.25, -0.2) is 0 Å². The van der Waals surface area contributed by atoms with E-state index in [1.165, 1.54) is 27.1 Å². The molecule has 2 heterocycles. The van der Waals surface area contributed by atoms with Gasteiger partial charge in [-0.15, -0.1) is 0 Å². The molecule has 8 aromatic rings. The Bertz CT molecular complexity index is 2450. The molecule has 0 saturated heterocycles. The molecule has 0 aliphatic carbocycles. The maximum Gasteiger partial charge on any atom is 0.145 e. The Morgan fingerprint density at radius 1 is 0.511 bits per heavy atom. The van der Waals surface area contributed by atoms with Crippen LogP contribution in [0.25, 0.3) is 60.3 Å². The van der Waals surface area contributed by atoms with Gasteiger partial charge in [0.1, 0.15) is 17.3 Å². The molecule has 1 N–H and O–H groups in total. The number of aliphatic imine (C=N–C) groups is 1. The van der Waals surface area contributed by atoms with E-state index in [0.717, 1.165) is 55.6 Å². The zero-order valence-corrected chi connectivity index (χ0v) is 24.4. The molecular weight excluding hydrogens is 548 g/mol. The number of rotatable bonds is 4. The predicted octanol–water partition coefficient (Wildman–Crippen LogP) is 10.7. The number of nitrogens with zero attached hydrogens (tertiary/aromatic N) is 1. The lowest BCUT2D eigenvalue weighted by atomic mass is 9.94. The highest BCUT2D eigenvalue weighted by Gasteiger charge is 2.21. The third-order valence-electron chi connectivity index (χ3n) is 8.89. The van der Waals surface area contributed by atoms with Crippen LogP contribution in [-0.4, -0.2) is 5.71 Å². The van der Waals surface area contributed by atoms with Gasteiger partial charge in [0.2, 0.25) is 0 Å². The molecule has 0 fully saturated rings. The van der Waals surface area contributed by atoms with E-state index in [4.69, 9.17) is 9.41 Å². The molecule has 0 spiro atoms. The second kappa shape index (κ2) is 10.4. The van der Waals surface area contributed by atoms with Crippen molar-refractivity contribution in [2.24, 2.45) is 4.99 Å². The number of hydrogen-bond acceptors (Lipinski definition) is 3. The highest BCUT2D eigenvalue weighted by Crippen LogP contribution is 2.39. The van der Waals surface area contributed by atoms with Gasteiger partial charge >= 0.3 is 0 Å². The summed E-state index contributed by atoms with van der Waals surface area (Å²) in [6.07, 6.45) is 1.97. The molecule has 1 aliphatic heterocycles. The standard InChI is InChI=1S/C42H28N2O/c1-3-11-28(12-4-1)37-26-38(44-42(43-37)29-13-5-2-6-14-29)32-21-23-39-36(25-32)41-35(16-9-17-40(41)45-39)31-20-22-34-30(24-31)19-18-27-10-7-8-15-33(27)34/h1-26,42,44H. The summed E-state index contributed by atoms with van der Waals surface area (Å²) in [5, 5.41) is 11.0. The van der Waals surface area contributed by atoms with Gasteiger partial charge in [0, 0.05) is 16.5 Å². The molecule has 3 nitrogen and oxygen atoms in total. The summed E-state index contributed by atoms with van der Waals surface area (Å²) in [5.41, 5.74) is 9.40. The van der Waals surface area contributed by atoms with E-state index in [-0.39, 0.29) is 6.17 Å². The van der Waals surface area contributed by atoms with Gasteiger partial charge < -0.3 is 9.73 Å². The van der Waals surface area contributed by atoms with Gasteiger partial charge in [-0.05, 0) is 85.8 Å². The first kappa shape index (κ1) is 25.6. The molecule has 0 bridgehead atoms. The summed E-state index contributed by atoms with van der Waals surface area (Å²) in [5.74, 6) is 0. The van der Waals surface area contributed by atoms with Crippen molar-refractivity contribution in [3.05, 3.63) is 174 Å². The predicted molar refractivity (Wildman–Crippen MR) is 187 cm³/mol. The normalized spacial score (nSPS) is 14.9. The Kier molecular flexibility index (Phi) is 5.88. The molecule has 45 heavy (non-hydrogen) atoms. The fraction of sp³-hybridized carbons (Fsp3) is 0.0238. The van der Waals surface area contributed by atoms with Crippen LogP contribution in [0.2, 0.25) is 0 Å². The quantitative estimate of drug-likeness (QED) is 0.212. The monoisotopic (exact) mass is 576 g/mol. The van der Waals surface area contributed by atoms with Crippen LogP contribution in [0.3, 0.4) is 0 Å². The summed E-state index contributed by atoms with van der Waals surface area (Å²) in [7, 11) is 0. The third-order valence-corrected chi connectivity index (χ3v) is 8.89. The molecular formula is C42H28N2O. The van der Waals surface area contributed by atoms with Crippen molar-refractivity contribution in [1.29, 1.82) is 0 Å². The number of benzene rings is 7. The minimum atomic E-state index is -0.192. The van der Waals surface area contributed by atoms with Crippen LogP contribution in [0.15, 0.2) is 167 Å². The van der Waals surface area contributed by atoms with Gasteiger partial charge in [-0.2, -0.15) is 0 Å². The number of fused-ring (bicyclic) bond motifs is 6. The lowest BCUT2D eigenvalue weighted by Crippen LogP contribution is -2.24. The second-order valence-corrected chi connectivity index (χ2v) is 11.6. The van der Waals surface area contributed by atoms with Crippen LogP contribution in [-0.2, 0) is 0 Å². The molecule has 3 heteroatoms. The topological polar surface area (TPSA) is 37.5 Å². The van der Waals surface area contributed by atoms with E-state index in [9.17, 15) is 0 Å². The fourth-order valence-electron chi connectivity index (χ4n) is 6.68. The zero-order chi connectivity index (χ0) is 29.7. The van der Waals surface area contributed by atoms with Gasteiger partial charge in [0.15, 0.2) is 0 Å².